The minimum atomic E-state index is -0.684. The van der Waals surface area contributed by atoms with Crippen molar-refractivity contribution >= 4 is 11.8 Å². The minimum absolute atomic E-state index is 0.169. The van der Waals surface area contributed by atoms with Crippen molar-refractivity contribution in [2.45, 2.75) is 6.23 Å². The van der Waals surface area contributed by atoms with Gasteiger partial charge in [0.2, 0.25) is 0 Å². The number of halogens is 1. The van der Waals surface area contributed by atoms with Gasteiger partial charge in [-0.3, -0.25) is 4.90 Å². The molecule has 0 unspecified atom stereocenters. The van der Waals surface area contributed by atoms with Gasteiger partial charge < -0.3 is 4.74 Å². The van der Waals surface area contributed by atoms with E-state index in [1.54, 1.807) is 6.07 Å². The van der Waals surface area contributed by atoms with E-state index >= 15 is 0 Å². The molecule has 0 saturated carbocycles. The van der Waals surface area contributed by atoms with Crippen molar-refractivity contribution in [3.8, 4) is 0 Å². The number of amides is 1. The minimum Gasteiger partial charge on any atom is -0.416 e. The summed E-state index contributed by atoms with van der Waals surface area (Å²) in [6, 6.07) is 5.63. The number of carbonyl (C=O) groups excluding carboxylic acids is 1. The van der Waals surface area contributed by atoms with Gasteiger partial charge in [-0.1, -0.05) is 6.07 Å². The number of nitrogens with zero attached hydrogens (tertiary/aromatic N) is 4. The highest BCUT2D eigenvalue weighted by Crippen LogP contribution is 2.23. The van der Waals surface area contributed by atoms with Crippen LogP contribution < -0.4 is 4.90 Å². The summed E-state index contributed by atoms with van der Waals surface area (Å²) in [5.74, 6) is -0.432. The fourth-order valence-corrected chi connectivity index (χ4v) is 1.55. The van der Waals surface area contributed by atoms with Gasteiger partial charge in [0.15, 0.2) is 0 Å². The second-order valence-electron chi connectivity index (χ2n) is 3.59. The maximum Gasteiger partial charge on any atom is 0.416 e. The number of anilines is 1. The fourth-order valence-electron chi connectivity index (χ4n) is 1.55. The topological polar surface area (TPSA) is 60.9 Å². The van der Waals surface area contributed by atoms with E-state index in [-0.39, 0.29) is 6.54 Å². The molecule has 1 aromatic carbocycles. The number of cyclic esters (lactones) is 1. The van der Waals surface area contributed by atoms with E-state index in [1.165, 1.54) is 30.1 Å². The third-order valence-corrected chi connectivity index (χ3v) is 2.47. The van der Waals surface area contributed by atoms with Crippen LogP contribution in [-0.4, -0.2) is 30.9 Å². The Hall–Kier alpha value is -2.36. The van der Waals surface area contributed by atoms with Crippen LogP contribution in [0.25, 0.3) is 5.08 Å². The van der Waals surface area contributed by atoms with Crippen molar-refractivity contribution < 1.29 is 13.9 Å². The molecule has 0 aromatic heterocycles. The quantitative estimate of drug-likeness (QED) is 0.581. The largest absolute Gasteiger partial charge is 0.416 e. The first-order chi connectivity index (χ1) is 8.11. The van der Waals surface area contributed by atoms with Crippen LogP contribution in [0.4, 0.5) is 14.9 Å². The number of hydrogen-bond donors (Lipinski definition) is 0. The van der Waals surface area contributed by atoms with Gasteiger partial charge in [0.1, 0.15) is 5.82 Å². The molecule has 88 valence electrons. The highest BCUT2D eigenvalue weighted by molar-refractivity contribution is 5.89. The van der Waals surface area contributed by atoms with Gasteiger partial charge in [0.05, 0.1) is 19.3 Å². The third kappa shape index (κ3) is 2.10. The van der Waals surface area contributed by atoms with E-state index in [0.29, 0.717) is 5.69 Å². The SMILES string of the molecule is CN([N+]#N)[C@H]1CN(c2cccc(F)c2)C(=O)O1. The summed E-state index contributed by atoms with van der Waals surface area (Å²) in [6.07, 6.45) is -1.29. The molecule has 2 rings (SSSR count). The lowest BCUT2D eigenvalue weighted by Gasteiger charge is -2.12. The van der Waals surface area contributed by atoms with Crippen LogP contribution in [0.15, 0.2) is 24.3 Å². The second kappa shape index (κ2) is 4.25. The van der Waals surface area contributed by atoms with Crippen molar-refractivity contribution in [3.63, 3.8) is 0 Å². The Morgan fingerprint density at radius 1 is 1.65 bits per heavy atom. The van der Waals surface area contributed by atoms with Crippen molar-refractivity contribution in [1.82, 2.24) is 5.01 Å². The molecule has 1 heterocycles. The number of carbonyl (C=O) groups is 1. The smallest absolute Gasteiger partial charge is 0.416 e. The molecule has 1 aromatic rings. The molecule has 0 N–H and O–H groups in total. The highest BCUT2D eigenvalue weighted by Gasteiger charge is 2.39. The molecule has 1 saturated heterocycles. The first-order valence-corrected chi connectivity index (χ1v) is 4.93. The monoisotopic (exact) mass is 237 g/mol. The zero-order chi connectivity index (χ0) is 12.4. The number of hydrogen-bond acceptors (Lipinski definition) is 4. The maximum atomic E-state index is 13.0. The molecule has 0 spiro atoms. The van der Waals surface area contributed by atoms with Crippen LogP contribution in [-0.2, 0) is 4.74 Å². The summed E-state index contributed by atoms with van der Waals surface area (Å²) >= 11 is 0. The van der Waals surface area contributed by atoms with E-state index in [1.807, 2.05) is 0 Å². The maximum absolute atomic E-state index is 13.0. The Morgan fingerprint density at radius 3 is 3.06 bits per heavy atom. The number of rotatable bonds is 2. The fraction of sp³-hybridized carbons (Fsp3) is 0.300. The summed E-state index contributed by atoms with van der Waals surface area (Å²) in [7, 11) is 1.47. The molecular weight excluding hydrogens is 227 g/mol. The molecule has 17 heavy (non-hydrogen) atoms. The van der Waals surface area contributed by atoms with E-state index < -0.39 is 18.1 Å². The Kier molecular flexibility index (Phi) is 2.78. The molecule has 1 atom stereocenters. The third-order valence-electron chi connectivity index (χ3n) is 2.47. The zero-order valence-electron chi connectivity index (χ0n) is 9.08. The van der Waals surface area contributed by atoms with Gasteiger partial charge in [0.25, 0.3) is 11.6 Å². The Balaban J connectivity index is 2.19. The number of ether oxygens (including phenoxy) is 1. The first-order valence-electron chi connectivity index (χ1n) is 4.93. The summed E-state index contributed by atoms with van der Waals surface area (Å²) in [6.45, 7) is 0.169. The van der Waals surface area contributed by atoms with Crippen LogP contribution in [0.2, 0.25) is 0 Å². The molecule has 1 fully saturated rings. The average Bonchev–Trinajstić information content (AvgIpc) is 2.70. The van der Waals surface area contributed by atoms with Gasteiger partial charge in [-0.05, 0) is 18.2 Å². The van der Waals surface area contributed by atoms with Crippen LogP contribution >= 0.6 is 0 Å². The lowest BCUT2D eigenvalue weighted by Crippen LogP contribution is -2.30. The van der Waals surface area contributed by atoms with Crippen LogP contribution in [0.1, 0.15) is 0 Å². The normalized spacial score (nSPS) is 18.8. The molecule has 1 amide bonds. The highest BCUT2D eigenvalue weighted by atomic mass is 19.1. The summed E-state index contributed by atoms with van der Waals surface area (Å²) in [4.78, 5) is 12.8. The summed E-state index contributed by atoms with van der Waals surface area (Å²) in [5, 5.41) is 12.6. The lowest BCUT2D eigenvalue weighted by atomic mass is 10.3. The van der Waals surface area contributed by atoms with Gasteiger partial charge >= 0.3 is 11.2 Å². The van der Waals surface area contributed by atoms with Gasteiger partial charge in [-0.15, -0.1) is 0 Å². The van der Waals surface area contributed by atoms with Gasteiger partial charge in [-0.2, -0.15) is 0 Å². The van der Waals surface area contributed by atoms with Gasteiger partial charge in [-0.25, -0.2) is 9.18 Å². The lowest BCUT2D eigenvalue weighted by molar-refractivity contribution is 0.0639. The van der Waals surface area contributed by atoms with E-state index in [2.05, 4.69) is 5.08 Å². The Morgan fingerprint density at radius 2 is 2.41 bits per heavy atom. The summed E-state index contributed by atoms with van der Waals surface area (Å²) < 4.78 is 18.0. The van der Waals surface area contributed by atoms with Crippen molar-refractivity contribution in [2.75, 3.05) is 18.5 Å². The van der Waals surface area contributed by atoms with E-state index in [4.69, 9.17) is 10.1 Å². The molecule has 7 heteroatoms. The standard InChI is InChI=1S/C10H10FN4O2/c1-14(13-12)9-6-15(10(16)17-9)8-4-2-3-7(11)5-8/h2-5,9H,6H2,1H3/q+1/t9-/m1/s1. The van der Waals surface area contributed by atoms with E-state index in [0.717, 1.165) is 5.01 Å². The van der Waals surface area contributed by atoms with Crippen molar-refractivity contribution in [1.29, 1.82) is 5.39 Å². The second-order valence-corrected chi connectivity index (χ2v) is 3.59. The van der Waals surface area contributed by atoms with Crippen molar-refractivity contribution in [2.24, 2.45) is 0 Å². The van der Waals surface area contributed by atoms with Crippen LogP contribution in [0.3, 0.4) is 0 Å². The predicted octanol–water partition coefficient (Wildman–Crippen LogP) is 1.81. The molecule has 6 nitrogen and oxygen atoms in total. The predicted molar refractivity (Wildman–Crippen MR) is 56.9 cm³/mol. The molecule has 1 aliphatic rings. The summed E-state index contributed by atoms with van der Waals surface area (Å²) in [5.41, 5.74) is 0.406. The molecule has 0 bridgehead atoms. The molecule has 1 aliphatic heterocycles. The zero-order valence-corrected chi connectivity index (χ0v) is 9.08. The Bertz CT molecular complexity index is 487. The molecule has 0 aliphatic carbocycles. The average molecular weight is 237 g/mol. The number of diazo groups is 1. The number of likely N-dealkylation sites (N-methyl/N-ethyl adjacent to an activating group) is 1. The number of benzene rings is 1. The first kappa shape index (κ1) is 11.1. The van der Waals surface area contributed by atoms with Gasteiger partial charge in [0, 0.05) is 5.01 Å². The van der Waals surface area contributed by atoms with E-state index in [9.17, 15) is 9.18 Å². The Labute approximate surface area is 96.8 Å². The molecular formula is C10H10FN4O2+. The van der Waals surface area contributed by atoms with Crippen LogP contribution in [0.5, 0.6) is 0 Å². The van der Waals surface area contributed by atoms with Crippen LogP contribution in [0, 0.1) is 11.2 Å². The molecule has 0 radical (unpaired) electrons. The van der Waals surface area contributed by atoms with Crippen molar-refractivity contribution in [3.05, 3.63) is 35.2 Å².